The summed E-state index contributed by atoms with van der Waals surface area (Å²) in [6.45, 7) is 6.68. The molecule has 126 valence electrons. The van der Waals surface area contributed by atoms with Crippen molar-refractivity contribution in [1.82, 2.24) is 19.9 Å². The third kappa shape index (κ3) is 3.55. The van der Waals surface area contributed by atoms with Gasteiger partial charge < -0.3 is 9.64 Å². The molecule has 0 atom stereocenters. The summed E-state index contributed by atoms with van der Waals surface area (Å²) >= 11 is 0. The molecule has 0 saturated carbocycles. The van der Waals surface area contributed by atoms with Crippen molar-refractivity contribution in [2.45, 2.75) is 19.4 Å². The molecule has 0 bridgehead atoms. The highest BCUT2D eigenvalue weighted by atomic mass is 16.5. The standard InChI is InChI=1S/C18H23N5O/c1-2-6-23(5-1)17-12-20-18(21-13-17)15-3-4-16(19-11-15)14-22-7-9-24-10-8-22/h3-4,11-13H,1-2,5-10,14H2. The van der Waals surface area contributed by atoms with Gasteiger partial charge in [-0.3, -0.25) is 9.88 Å². The lowest BCUT2D eigenvalue weighted by Crippen LogP contribution is -2.35. The highest BCUT2D eigenvalue weighted by Crippen LogP contribution is 2.20. The summed E-state index contributed by atoms with van der Waals surface area (Å²) in [6.07, 6.45) is 8.25. The molecule has 0 aromatic carbocycles. The Morgan fingerprint density at radius 3 is 2.29 bits per heavy atom. The van der Waals surface area contributed by atoms with Crippen molar-refractivity contribution >= 4 is 5.69 Å². The lowest BCUT2D eigenvalue weighted by Gasteiger charge is -2.26. The van der Waals surface area contributed by atoms with E-state index in [2.05, 4.69) is 36.9 Å². The van der Waals surface area contributed by atoms with E-state index in [9.17, 15) is 0 Å². The van der Waals surface area contributed by atoms with Crippen LogP contribution in [0.15, 0.2) is 30.7 Å². The normalized spacial score (nSPS) is 18.9. The molecule has 2 aromatic heterocycles. The van der Waals surface area contributed by atoms with E-state index in [4.69, 9.17) is 4.74 Å². The van der Waals surface area contributed by atoms with Gasteiger partial charge in [0.05, 0.1) is 37.0 Å². The van der Waals surface area contributed by atoms with E-state index in [1.54, 1.807) is 0 Å². The summed E-state index contributed by atoms with van der Waals surface area (Å²) in [5, 5.41) is 0. The van der Waals surface area contributed by atoms with Gasteiger partial charge in [-0.2, -0.15) is 0 Å². The smallest absolute Gasteiger partial charge is 0.160 e. The number of aromatic nitrogens is 3. The number of hydrogen-bond donors (Lipinski definition) is 0. The summed E-state index contributed by atoms with van der Waals surface area (Å²) in [7, 11) is 0. The molecule has 2 aliphatic rings. The van der Waals surface area contributed by atoms with Crippen molar-refractivity contribution in [3.8, 4) is 11.4 Å². The van der Waals surface area contributed by atoms with Crippen LogP contribution in [0.5, 0.6) is 0 Å². The average Bonchev–Trinajstić information content (AvgIpc) is 3.18. The Hall–Kier alpha value is -2.05. The van der Waals surface area contributed by atoms with Crippen LogP contribution in [-0.4, -0.2) is 59.2 Å². The molecule has 0 amide bonds. The fraction of sp³-hybridized carbons (Fsp3) is 0.500. The van der Waals surface area contributed by atoms with Gasteiger partial charge in [0, 0.05) is 44.5 Å². The Labute approximate surface area is 142 Å². The van der Waals surface area contributed by atoms with Crippen LogP contribution in [0.1, 0.15) is 18.5 Å². The predicted octanol–water partition coefficient (Wildman–Crippen LogP) is 1.97. The van der Waals surface area contributed by atoms with Crippen LogP contribution in [0.2, 0.25) is 0 Å². The number of hydrogen-bond acceptors (Lipinski definition) is 6. The number of pyridine rings is 1. The number of nitrogens with zero attached hydrogens (tertiary/aromatic N) is 5. The van der Waals surface area contributed by atoms with E-state index < -0.39 is 0 Å². The second-order valence-electron chi connectivity index (χ2n) is 6.39. The molecule has 6 nitrogen and oxygen atoms in total. The fourth-order valence-corrected chi connectivity index (χ4v) is 3.25. The van der Waals surface area contributed by atoms with Gasteiger partial charge in [-0.05, 0) is 25.0 Å². The van der Waals surface area contributed by atoms with Gasteiger partial charge in [-0.1, -0.05) is 0 Å². The second-order valence-corrected chi connectivity index (χ2v) is 6.39. The molecule has 0 radical (unpaired) electrons. The van der Waals surface area contributed by atoms with E-state index >= 15 is 0 Å². The zero-order valence-corrected chi connectivity index (χ0v) is 13.9. The molecule has 2 fully saturated rings. The first-order chi connectivity index (χ1) is 11.9. The third-order valence-electron chi connectivity index (χ3n) is 4.68. The van der Waals surface area contributed by atoms with Crippen molar-refractivity contribution < 1.29 is 4.74 Å². The molecule has 2 aliphatic heterocycles. The van der Waals surface area contributed by atoms with E-state index in [0.29, 0.717) is 0 Å². The summed E-state index contributed by atoms with van der Waals surface area (Å²) in [5.74, 6) is 0.739. The van der Waals surface area contributed by atoms with Crippen LogP contribution in [0.4, 0.5) is 5.69 Å². The Bertz CT molecular complexity index is 646. The van der Waals surface area contributed by atoms with Crippen LogP contribution in [0.25, 0.3) is 11.4 Å². The van der Waals surface area contributed by atoms with Gasteiger partial charge >= 0.3 is 0 Å². The minimum absolute atomic E-state index is 0.739. The molecular formula is C18H23N5O. The van der Waals surface area contributed by atoms with Crippen molar-refractivity contribution in [1.29, 1.82) is 0 Å². The molecule has 0 spiro atoms. The molecule has 2 saturated heterocycles. The minimum Gasteiger partial charge on any atom is -0.379 e. The van der Waals surface area contributed by atoms with Gasteiger partial charge in [-0.15, -0.1) is 0 Å². The molecule has 0 N–H and O–H groups in total. The van der Waals surface area contributed by atoms with Crippen LogP contribution in [0.3, 0.4) is 0 Å². The largest absolute Gasteiger partial charge is 0.379 e. The number of anilines is 1. The first kappa shape index (κ1) is 15.5. The van der Waals surface area contributed by atoms with E-state index in [0.717, 1.165) is 68.7 Å². The Kier molecular flexibility index (Phi) is 4.66. The molecule has 4 rings (SSSR count). The van der Waals surface area contributed by atoms with Crippen molar-refractivity contribution in [3.63, 3.8) is 0 Å². The summed E-state index contributed by atoms with van der Waals surface area (Å²) in [5.41, 5.74) is 3.16. The van der Waals surface area contributed by atoms with Gasteiger partial charge in [0.15, 0.2) is 5.82 Å². The second kappa shape index (κ2) is 7.23. The average molecular weight is 325 g/mol. The summed E-state index contributed by atoms with van der Waals surface area (Å²) in [6, 6.07) is 4.14. The highest BCUT2D eigenvalue weighted by molar-refractivity contribution is 5.55. The molecule has 24 heavy (non-hydrogen) atoms. The molecule has 4 heterocycles. The molecule has 6 heteroatoms. The van der Waals surface area contributed by atoms with Crippen LogP contribution < -0.4 is 4.90 Å². The Balaban J connectivity index is 1.42. The van der Waals surface area contributed by atoms with Crippen LogP contribution >= 0.6 is 0 Å². The monoisotopic (exact) mass is 325 g/mol. The lowest BCUT2D eigenvalue weighted by molar-refractivity contribution is 0.0336. The third-order valence-corrected chi connectivity index (χ3v) is 4.68. The van der Waals surface area contributed by atoms with Crippen LogP contribution in [0, 0.1) is 0 Å². The van der Waals surface area contributed by atoms with Gasteiger partial charge in [0.1, 0.15) is 0 Å². The number of morpholine rings is 1. The maximum Gasteiger partial charge on any atom is 0.160 e. The first-order valence-corrected chi connectivity index (χ1v) is 8.71. The quantitative estimate of drug-likeness (QED) is 0.857. The minimum atomic E-state index is 0.739. The fourth-order valence-electron chi connectivity index (χ4n) is 3.25. The molecule has 2 aromatic rings. The van der Waals surface area contributed by atoms with Gasteiger partial charge in [-0.25, -0.2) is 9.97 Å². The molecular weight excluding hydrogens is 302 g/mol. The maximum atomic E-state index is 5.38. The molecule has 0 unspecified atom stereocenters. The zero-order chi connectivity index (χ0) is 16.2. The van der Waals surface area contributed by atoms with Crippen molar-refractivity contribution in [2.24, 2.45) is 0 Å². The number of rotatable bonds is 4. The van der Waals surface area contributed by atoms with Crippen molar-refractivity contribution in [3.05, 3.63) is 36.4 Å². The number of ether oxygens (including phenoxy) is 1. The predicted molar refractivity (Wildman–Crippen MR) is 92.8 cm³/mol. The van der Waals surface area contributed by atoms with Crippen LogP contribution in [-0.2, 0) is 11.3 Å². The van der Waals surface area contributed by atoms with Gasteiger partial charge in [0.2, 0.25) is 0 Å². The Morgan fingerprint density at radius 2 is 1.62 bits per heavy atom. The summed E-state index contributed by atoms with van der Waals surface area (Å²) in [4.78, 5) is 18.3. The summed E-state index contributed by atoms with van der Waals surface area (Å²) < 4.78 is 5.38. The SMILES string of the molecule is c1cc(CN2CCOCC2)ncc1-c1ncc(N2CCCC2)cn1. The topological polar surface area (TPSA) is 54.4 Å². The van der Waals surface area contributed by atoms with E-state index in [1.165, 1.54) is 12.8 Å². The van der Waals surface area contributed by atoms with E-state index in [-0.39, 0.29) is 0 Å². The van der Waals surface area contributed by atoms with E-state index in [1.807, 2.05) is 18.6 Å². The maximum absolute atomic E-state index is 5.38. The Morgan fingerprint density at radius 1 is 0.875 bits per heavy atom. The lowest BCUT2D eigenvalue weighted by atomic mass is 10.2. The highest BCUT2D eigenvalue weighted by Gasteiger charge is 2.14. The van der Waals surface area contributed by atoms with Gasteiger partial charge in [0.25, 0.3) is 0 Å². The zero-order valence-electron chi connectivity index (χ0n) is 13.9. The molecule has 0 aliphatic carbocycles. The first-order valence-electron chi connectivity index (χ1n) is 8.71. The van der Waals surface area contributed by atoms with Crippen molar-refractivity contribution in [2.75, 3.05) is 44.3 Å².